The Kier molecular flexibility index (Phi) is 5.37. The Balaban J connectivity index is 1.70. The third-order valence-electron chi connectivity index (χ3n) is 6.79. The van der Waals surface area contributed by atoms with E-state index in [1.165, 1.54) is 16.3 Å². The lowest BCUT2D eigenvalue weighted by atomic mass is 9.95. The number of pyridine rings is 1. The van der Waals surface area contributed by atoms with E-state index in [0.29, 0.717) is 28.6 Å². The fourth-order valence-electron chi connectivity index (χ4n) is 5.02. The van der Waals surface area contributed by atoms with Crippen molar-refractivity contribution >= 4 is 39.1 Å². The number of nitrogens with one attached hydrogen (secondary N) is 1. The van der Waals surface area contributed by atoms with Gasteiger partial charge in [0.15, 0.2) is 17.2 Å². The first-order chi connectivity index (χ1) is 17.0. The molecule has 5 heterocycles. The van der Waals surface area contributed by atoms with Crippen LogP contribution < -0.4 is 5.56 Å². The van der Waals surface area contributed by atoms with Crippen molar-refractivity contribution in [3.63, 3.8) is 0 Å². The van der Waals surface area contributed by atoms with E-state index in [1.54, 1.807) is 18.5 Å². The molecule has 1 aromatic carbocycles. The SMILES string of the molecule is CCSc1nc2c(F)c(-c3c(C)c(C)cc4c3cnn4C3CCCCO3)n3nccc3c2c(=O)[nH]1. The quantitative estimate of drug-likeness (QED) is 0.276. The number of aromatic amines is 1. The standard InChI is InChI=1S/C25H25FN6O2S/c1-4-35-25-29-22-20(24(33)30-25)16-8-9-27-32(16)23(21(22)26)19-14(3)13(2)11-17-15(19)12-28-31(17)18-7-5-6-10-34-18/h8-9,11-12,18H,4-7,10H2,1-3H3,(H,29,30,33). The number of H-pyrrole nitrogens is 1. The number of ether oxygens (including phenoxy) is 1. The van der Waals surface area contributed by atoms with Gasteiger partial charge in [-0.3, -0.25) is 4.79 Å². The first-order valence-electron chi connectivity index (χ1n) is 11.8. The first-order valence-corrected chi connectivity index (χ1v) is 12.8. The van der Waals surface area contributed by atoms with E-state index in [2.05, 4.69) is 26.2 Å². The Morgan fingerprint density at radius 2 is 2.11 bits per heavy atom. The van der Waals surface area contributed by atoms with Crippen LogP contribution in [-0.4, -0.2) is 41.7 Å². The molecule has 5 aromatic rings. The number of hydrogen-bond donors (Lipinski definition) is 1. The molecule has 6 rings (SSSR count). The van der Waals surface area contributed by atoms with Crippen molar-refractivity contribution in [2.45, 2.75) is 51.4 Å². The summed E-state index contributed by atoms with van der Waals surface area (Å²) in [6, 6.07) is 3.80. The molecule has 1 fully saturated rings. The third kappa shape index (κ3) is 3.38. The monoisotopic (exact) mass is 492 g/mol. The highest BCUT2D eigenvalue weighted by molar-refractivity contribution is 7.99. The smallest absolute Gasteiger partial charge is 0.261 e. The topological polar surface area (TPSA) is 90.1 Å². The maximum Gasteiger partial charge on any atom is 0.261 e. The van der Waals surface area contributed by atoms with Crippen molar-refractivity contribution < 1.29 is 9.13 Å². The van der Waals surface area contributed by atoms with Crippen LogP contribution in [-0.2, 0) is 4.74 Å². The Labute approximate surface area is 204 Å². The highest BCUT2D eigenvalue weighted by Crippen LogP contribution is 2.39. The maximum atomic E-state index is 16.4. The number of fused-ring (bicyclic) bond motifs is 4. The molecule has 35 heavy (non-hydrogen) atoms. The number of hydrogen-bond acceptors (Lipinski definition) is 6. The van der Waals surface area contributed by atoms with Crippen LogP contribution in [0.15, 0.2) is 34.5 Å². The minimum atomic E-state index is -0.572. The van der Waals surface area contributed by atoms with Gasteiger partial charge >= 0.3 is 0 Å². The highest BCUT2D eigenvalue weighted by Gasteiger charge is 2.26. The van der Waals surface area contributed by atoms with E-state index in [0.717, 1.165) is 41.3 Å². The number of rotatable bonds is 4. The van der Waals surface area contributed by atoms with Gasteiger partial charge in [0.1, 0.15) is 11.2 Å². The summed E-state index contributed by atoms with van der Waals surface area (Å²) in [6.45, 7) is 6.64. The first kappa shape index (κ1) is 22.2. The van der Waals surface area contributed by atoms with Gasteiger partial charge in [-0.25, -0.2) is 18.6 Å². The summed E-state index contributed by atoms with van der Waals surface area (Å²) in [5, 5.41) is 10.5. The number of aryl methyl sites for hydroxylation is 1. The van der Waals surface area contributed by atoms with Crippen LogP contribution in [0.1, 0.15) is 43.5 Å². The summed E-state index contributed by atoms with van der Waals surface area (Å²) in [4.78, 5) is 20.2. The van der Waals surface area contributed by atoms with Gasteiger partial charge in [0.05, 0.1) is 28.8 Å². The van der Waals surface area contributed by atoms with Gasteiger partial charge in [-0.1, -0.05) is 18.7 Å². The average molecular weight is 493 g/mol. The molecule has 1 atom stereocenters. The molecular weight excluding hydrogens is 467 g/mol. The fourth-order valence-corrected chi connectivity index (χ4v) is 5.61. The number of halogens is 1. The second-order valence-electron chi connectivity index (χ2n) is 8.86. The zero-order chi connectivity index (χ0) is 24.3. The molecule has 1 aliphatic rings. The van der Waals surface area contributed by atoms with Crippen molar-refractivity contribution in [1.29, 1.82) is 0 Å². The minimum absolute atomic E-state index is 0.0461. The van der Waals surface area contributed by atoms with Crippen LogP contribution in [0, 0.1) is 19.7 Å². The Hall–Kier alpha value is -3.24. The van der Waals surface area contributed by atoms with Crippen LogP contribution in [0.5, 0.6) is 0 Å². The van der Waals surface area contributed by atoms with Gasteiger partial charge in [0.2, 0.25) is 0 Å². The highest BCUT2D eigenvalue weighted by atomic mass is 32.2. The molecule has 8 nitrogen and oxygen atoms in total. The van der Waals surface area contributed by atoms with Crippen molar-refractivity contribution in [3.05, 3.63) is 51.8 Å². The zero-order valence-electron chi connectivity index (χ0n) is 19.8. The average Bonchev–Trinajstić information content (AvgIpc) is 3.49. The Morgan fingerprint density at radius 3 is 2.89 bits per heavy atom. The van der Waals surface area contributed by atoms with Crippen molar-refractivity contribution in [2.24, 2.45) is 0 Å². The second-order valence-corrected chi connectivity index (χ2v) is 10.1. The van der Waals surface area contributed by atoms with Gasteiger partial charge in [-0.15, -0.1) is 0 Å². The van der Waals surface area contributed by atoms with Crippen molar-refractivity contribution in [1.82, 2.24) is 29.4 Å². The van der Waals surface area contributed by atoms with Gasteiger partial charge in [-0.05, 0) is 62.1 Å². The fraction of sp³-hybridized carbons (Fsp3) is 0.360. The normalized spacial score (nSPS) is 16.6. The molecular formula is C25H25FN6O2S. The zero-order valence-corrected chi connectivity index (χ0v) is 20.6. The summed E-state index contributed by atoms with van der Waals surface area (Å²) in [5.41, 5.74) is 3.96. The van der Waals surface area contributed by atoms with Crippen molar-refractivity contribution in [2.75, 3.05) is 12.4 Å². The van der Waals surface area contributed by atoms with Gasteiger partial charge in [0, 0.05) is 17.6 Å². The Bertz CT molecular complexity index is 1660. The summed E-state index contributed by atoms with van der Waals surface area (Å²) in [7, 11) is 0. The minimum Gasteiger partial charge on any atom is -0.356 e. The molecule has 10 heteroatoms. The van der Waals surface area contributed by atoms with E-state index in [4.69, 9.17) is 4.74 Å². The summed E-state index contributed by atoms with van der Waals surface area (Å²) in [5.74, 6) is 0.134. The molecule has 0 bridgehead atoms. The maximum absolute atomic E-state index is 16.4. The third-order valence-corrected chi connectivity index (χ3v) is 7.55. The van der Waals surface area contributed by atoms with E-state index >= 15 is 4.39 Å². The lowest BCUT2D eigenvalue weighted by Gasteiger charge is -2.24. The number of nitrogens with zero attached hydrogens (tertiary/aromatic N) is 5. The lowest BCUT2D eigenvalue weighted by Crippen LogP contribution is -2.19. The van der Waals surface area contributed by atoms with Crippen molar-refractivity contribution in [3.8, 4) is 11.3 Å². The van der Waals surface area contributed by atoms with E-state index < -0.39 is 5.82 Å². The summed E-state index contributed by atoms with van der Waals surface area (Å²) in [6.07, 6.45) is 6.22. The molecule has 1 unspecified atom stereocenters. The molecule has 1 saturated heterocycles. The van der Waals surface area contributed by atoms with E-state index in [9.17, 15) is 4.79 Å². The summed E-state index contributed by atoms with van der Waals surface area (Å²) >= 11 is 1.37. The molecule has 4 aromatic heterocycles. The van der Waals surface area contributed by atoms with Crippen LogP contribution in [0.3, 0.4) is 0 Å². The van der Waals surface area contributed by atoms with E-state index in [-0.39, 0.29) is 28.4 Å². The number of aromatic nitrogens is 6. The molecule has 180 valence electrons. The molecule has 1 aliphatic heterocycles. The molecule has 0 spiro atoms. The second kappa shape index (κ2) is 8.46. The largest absolute Gasteiger partial charge is 0.356 e. The molecule has 0 aliphatic carbocycles. The van der Waals surface area contributed by atoms with E-state index in [1.807, 2.05) is 25.5 Å². The lowest BCUT2D eigenvalue weighted by molar-refractivity contribution is -0.0366. The Morgan fingerprint density at radius 1 is 1.26 bits per heavy atom. The van der Waals surface area contributed by atoms with Crippen LogP contribution in [0.25, 0.3) is 38.6 Å². The summed E-state index contributed by atoms with van der Waals surface area (Å²) < 4.78 is 25.8. The van der Waals surface area contributed by atoms with Gasteiger partial charge in [0.25, 0.3) is 5.56 Å². The number of benzene rings is 1. The van der Waals surface area contributed by atoms with Crippen LogP contribution in [0.2, 0.25) is 0 Å². The predicted octanol–water partition coefficient (Wildman–Crippen LogP) is 5.15. The molecule has 0 radical (unpaired) electrons. The molecule has 0 amide bonds. The van der Waals surface area contributed by atoms with Crippen LogP contribution >= 0.6 is 11.8 Å². The predicted molar refractivity (Wildman–Crippen MR) is 135 cm³/mol. The number of thioether (sulfide) groups is 1. The molecule has 1 N–H and O–H groups in total. The van der Waals surface area contributed by atoms with Gasteiger partial charge < -0.3 is 9.72 Å². The van der Waals surface area contributed by atoms with Gasteiger partial charge in [-0.2, -0.15) is 10.2 Å². The molecule has 0 saturated carbocycles. The van der Waals surface area contributed by atoms with Crippen LogP contribution in [0.4, 0.5) is 4.39 Å².